The van der Waals surface area contributed by atoms with Gasteiger partial charge in [-0.1, -0.05) is 24.3 Å². The molecule has 0 aliphatic rings. The summed E-state index contributed by atoms with van der Waals surface area (Å²) in [6, 6.07) is 16.5. The molecule has 1 aromatic heterocycles. The Morgan fingerprint density at radius 1 is 1.00 bits per heavy atom. The number of para-hydroxylation sites is 1. The highest BCUT2D eigenvalue weighted by molar-refractivity contribution is 5.77. The predicted molar refractivity (Wildman–Crippen MR) is 69.0 cm³/mol. The number of benzene rings is 2. The fourth-order valence-corrected chi connectivity index (χ4v) is 1.92. The molecule has 0 spiro atoms. The molecule has 3 rings (SSSR count). The number of H-pyrrole nitrogens is 1. The molecule has 0 amide bonds. The second-order valence-electron chi connectivity index (χ2n) is 3.87. The molecule has 0 aliphatic heterocycles. The largest absolute Gasteiger partial charge is 0.333 e. The maximum Gasteiger partial charge on any atom is 0.333 e. The third-order valence-corrected chi connectivity index (χ3v) is 2.76. The summed E-state index contributed by atoms with van der Waals surface area (Å²) in [5, 5.41) is 0.491. The Labute approximate surface area is 102 Å². The highest BCUT2D eigenvalue weighted by Gasteiger charge is 2.07. The minimum atomic E-state index is -0.440. The quantitative estimate of drug-likeness (QED) is 0.697. The van der Waals surface area contributed by atoms with Crippen molar-refractivity contribution >= 4 is 10.9 Å². The van der Waals surface area contributed by atoms with E-state index in [9.17, 15) is 9.59 Å². The van der Waals surface area contributed by atoms with E-state index in [1.54, 1.807) is 48.5 Å². The highest BCUT2D eigenvalue weighted by Crippen LogP contribution is 2.06. The van der Waals surface area contributed by atoms with E-state index in [1.165, 1.54) is 0 Å². The van der Waals surface area contributed by atoms with Gasteiger partial charge in [0.15, 0.2) is 0 Å². The summed E-state index contributed by atoms with van der Waals surface area (Å²) in [6.07, 6.45) is 0. The van der Waals surface area contributed by atoms with Crippen LogP contribution in [0.5, 0.6) is 0 Å². The van der Waals surface area contributed by atoms with Crippen LogP contribution in [0, 0.1) is 6.07 Å². The van der Waals surface area contributed by atoms with Gasteiger partial charge in [0.05, 0.1) is 16.6 Å². The molecule has 4 heteroatoms. The van der Waals surface area contributed by atoms with Gasteiger partial charge in [0, 0.05) is 0 Å². The summed E-state index contributed by atoms with van der Waals surface area (Å²) in [6.45, 7) is 0. The van der Waals surface area contributed by atoms with Crippen molar-refractivity contribution in [2.75, 3.05) is 0 Å². The third-order valence-electron chi connectivity index (χ3n) is 2.76. The van der Waals surface area contributed by atoms with Crippen LogP contribution in [0.2, 0.25) is 0 Å². The molecule has 0 fully saturated rings. The summed E-state index contributed by atoms with van der Waals surface area (Å²) >= 11 is 0. The van der Waals surface area contributed by atoms with Crippen molar-refractivity contribution in [1.82, 2.24) is 9.55 Å². The molecule has 0 bridgehead atoms. The second kappa shape index (κ2) is 4.00. The van der Waals surface area contributed by atoms with Gasteiger partial charge in [-0.2, -0.15) is 0 Å². The zero-order valence-corrected chi connectivity index (χ0v) is 9.38. The Hall–Kier alpha value is -2.62. The van der Waals surface area contributed by atoms with Gasteiger partial charge in [0.25, 0.3) is 5.56 Å². The third kappa shape index (κ3) is 1.55. The van der Waals surface area contributed by atoms with Gasteiger partial charge < -0.3 is 4.98 Å². The van der Waals surface area contributed by atoms with Crippen molar-refractivity contribution in [3.8, 4) is 5.69 Å². The van der Waals surface area contributed by atoms with E-state index in [0.29, 0.717) is 16.6 Å². The Bertz CT molecular complexity index is 816. The summed E-state index contributed by atoms with van der Waals surface area (Å²) < 4.78 is 1.12. The molecule has 18 heavy (non-hydrogen) atoms. The number of hydrogen-bond acceptors (Lipinski definition) is 2. The van der Waals surface area contributed by atoms with Crippen LogP contribution in [0.3, 0.4) is 0 Å². The summed E-state index contributed by atoms with van der Waals surface area (Å²) in [7, 11) is 0. The van der Waals surface area contributed by atoms with Gasteiger partial charge in [0.1, 0.15) is 0 Å². The molecule has 0 saturated heterocycles. The zero-order valence-electron chi connectivity index (χ0n) is 9.38. The van der Waals surface area contributed by atoms with E-state index in [-0.39, 0.29) is 5.56 Å². The predicted octanol–water partition coefficient (Wildman–Crippen LogP) is 1.48. The SMILES string of the molecule is O=c1[nH]c2ccccc2c(=O)n1-c1cc[c]cc1. The maximum absolute atomic E-state index is 12.3. The summed E-state index contributed by atoms with van der Waals surface area (Å²) in [5.74, 6) is 0. The molecule has 0 aliphatic carbocycles. The topological polar surface area (TPSA) is 54.9 Å². The minimum absolute atomic E-state index is 0.319. The number of aromatic amines is 1. The van der Waals surface area contributed by atoms with Crippen molar-refractivity contribution in [3.63, 3.8) is 0 Å². The number of rotatable bonds is 1. The van der Waals surface area contributed by atoms with Crippen LogP contribution in [0.15, 0.2) is 58.1 Å². The van der Waals surface area contributed by atoms with Crippen molar-refractivity contribution < 1.29 is 0 Å². The Kier molecular flexibility index (Phi) is 2.34. The molecule has 2 aromatic carbocycles. The van der Waals surface area contributed by atoms with Gasteiger partial charge in [-0.3, -0.25) is 4.79 Å². The van der Waals surface area contributed by atoms with Crippen molar-refractivity contribution in [2.45, 2.75) is 0 Å². The van der Waals surface area contributed by atoms with Gasteiger partial charge in [-0.25, -0.2) is 9.36 Å². The lowest BCUT2D eigenvalue weighted by Crippen LogP contribution is -2.33. The van der Waals surface area contributed by atoms with Crippen LogP contribution in [-0.4, -0.2) is 9.55 Å². The molecule has 1 radical (unpaired) electrons. The zero-order chi connectivity index (χ0) is 12.5. The molecular formula is C14H9N2O2. The average Bonchev–Trinajstić information content (AvgIpc) is 2.40. The molecule has 3 aromatic rings. The van der Waals surface area contributed by atoms with Crippen LogP contribution in [0.4, 0.5) is 0 Å². The molecule has 1 heterocycles. The van der Waals surface area contributed by atoms with Crippen molar-refractivity contribution in [2.24, 2.45) is 0 Å². The van der Waals surface area contributed by atoms with E-state index in [1.807, 2.05) is 0 Å². The average molecular weight is 237 g/mol. The Morgan fingerprint density at radius 2 is 1.72 bits per heavy atom. The van der Waals surface area contributed by atoms with Crippen LogP contribution in [-0.2, 0) is 0 Å². The van der Waals surface area contributed by atoms with Crippen LogP contribution >= 0.6 is 0 Å². The Balaban J connectivity index is 2.45. The summed E-state index contributed by atoms with van der Waals surface area (Å²) in [4.78, 5) is 26.9. The molecule has 0 saturated carbocycles. The fourth-order valence-electron chi connectivity index (χ4n) is 1.92. The minimum Gasteiger partial charge on any atom is -0.306 e. The first-order valence-corrected chi connectivity index (χ1v) is 5.48. The summed E-state index contributed by atoms with van der Waals surface area (Å²) in [5.41, 5.74) is 0.322. The van der Waals surface area contributed by atoms with Gasteiger partial charge in [0.2, 0.25) is 0 Å². The van der Waals surface area contributed by atoms with Crippen molar-refractivity contribution in [3.05, 3.63) is 75.4 Å². The lowest BCUT2D eigenvalue weighted by Gasteiger charge is -2.05. The van der Waals surface area contributed by atoms with Crippen LogP contribution < -0.4 is 11.2 Å². The standard InChI is InChI=1S/C14H9N2O2/c17-13-11-8-4-5-9-12(11)15-14(18)16(13)10-6-2-1-3-7-10/h2-9H,(H,15,18). The number of fused-ring (bicyclic) bond motifs is 1. The van der Waals surface area contributed by atoms with Gasteiger partial charge in [-0.15, -0.1) is 0 Å². The second-order valence-corrected chi connectivity index (χ2v) is 3.87. The highest BCUT2D eigenvalue weighted by atomic mass is 16.2. The number of aromatic nitrogens is 2. The Morgan fingerprint density at radius 3 is 2.50 bits per heavy atom. The van der Waals surface area contributed by atoms with Gasteiger partial charge in [-0.05, 0) is 30.3 Å². The van der Waals surface area contributed by atoms with Crippen LogP contribution in [0.25, 0.3) is 16.6 Å². The first kappa shape index (κ1) is 10.5. The van der Waals surface area contributed by atoms with Crippen LogP contribution in [0.1, 0.15) is 0 Å². The number of nitrogens with one attached hydrogen (secondary N) is 1. The maximum atomic E-state index is 12.3. The van der Waals surface area contributed by atoms with E-state index in [4.69, 9.17) is 0 Å². The lowest BCUT2D eigenvalue weighted by molar-refractivity contribution is 0.901. The smallest absolute Gasteiger partial charge is 0.306 e. The lowest BCUT2D eigenvalue weighted by atomic mass is 10.2. The van der Waals surface area contributed by atoms with E-state index in [2.05, 4.69) is 11.1 Å². The first-order valence-electron chi connectivity index (χ1n) is 5.48. The molecule has 87 valence electrons. The van der Waals surface area contributed by atoms with E-state index in [0.717, 1.165) is 4.57 Å². The fraction of sp³-hybridized carbons (Fsp3) is 0. The first-order chi connectivity index (χ1) is 8.77. The molecule has 1 N–H and O–H groups in total. The van der Waals surface area contributed by atoms with Crippen molar-refractivity contribution in [1.29, 1.82) is 0 Å². The van der Waals surface area contributed by atoms with E-state index < -0.39 is 5.69 Å². The van der Waals surface area contributed by atoms with E-state index >= 15 is 0 Å². The number of nitrogens with zero attached hydrogens (tertiary/aromatic N) is 1. The monoisotopic (exact) mass is 237 g/mol. The molecule has 0 unspecified atom stereocenters. The number of hydrogen-bond donors (Lipinski definition) is 1. The molecule has 0 atom stereocenters. The molecular weight excluding hydrogens is 228 g/mol. The van der Waals surface area contributed by atoms with Gasteiger partial charge >= 0.3 is 5.69 Å². The molecule has 4 nitrogen and oxygen atoms in total. The normalized spacial score (nSPS) is 10.7.